The van der Waals surface area contributed by atoms with Gasteiger partial charge in [-0.2, -0.15) is 0 Å². The highest BCUT2D eigenvalue weighted by atomic mass is 16.5. The van der Waals surface area contributed by atoms with Crippen LogP contribution < -0.4 is 11.5 Å². The second-order valence-electron chi connectivity index (χ2n) is 2.77. The summed E-state index contributed by atoms with van der Waals surface area (Å²) in [4.78, 5) is 10.4. The van der Waals surface area contributed by atoms with E-state index in [-0.39, 0.29) is 24.3 Å². The minimum Gasteiger partial charge on any atom is -0.384 e. The number of ether oxygens (including phenoxy) is 1. The van der Waals surface area contributed by atoms with Crippen LogP contribution in [0.25, 0.3) is 0 Å². The minimum absolute atomic E-state index is 0.174. The van der Waals surface area contributed by atoms with Gasteiger partial charge in [0.15, 0.2) is 0 Å². The molecule has 0 bridgehead atoms. The standard InChI is InChI=1S/C7H16N2O2/c1-5(4-11-2)6(8)3-7(9)10/h5-6H,3-4,8H2,1-2H3,(H2,9,10)/t5?,6-/m0/s1. The Morgan fingerprint density at radius 1 is 1.64 bits per heavy atom. The lowest BCUT2D eigenvalue weighted by Crippen LogP contribution is -2.35. The van der Waals surface area contributed by atoms with Gasteiger partial charge in [-0.15, -0.1) is 0 Å². The first-order valence-corrected chi connectivity index (χ1v) is 3.60. The summed E-state index contributed by atoms with van der Waals surface area (Å²) in [6.45, 7) is 2.49. The van der Waals surface area contributed by atoms with Gasteiger partial charge in [0.25, 0.3) is 0 Å². The Hall–Kier alpha value is -0.610. The molecule has 2 atom stereocenters. The molecule has 1 unspecified atom stereocenters. The summed E-state index contributed by atoms with van der Waals surface area (Å²) >= 11 is 0. The zero-order chi connectivity index (χ0) is 8.85. The number of hydrogen-bond acceptors (Lipinski definition) is 3. The van der Waals surface area contributed by atoms with Crippen LogP contribution in [0, 0.1) is 5.92 Å². The molecule has 11 heavy (non-hydrogen) atoms. The molecule has 1 amide bonds. The fraction of sp³-hybridized carbons (Fsp3) is 0.857. The van der Waals surface area contributed by atoms with Crippen molar-refractivity contribution < 1.29 is 9.53 Å². The summed E-state index contributed by atoms with van der Waals surface area (Å²) in [5, 5.41) is 0. The number of hydrogen-bond donors (Lipinski definition) is 2. The zero-order valence-corrected chi connectivity index (χ0v) is 7.04. The van der Waals surface area contributed by atoms with Gasteiger partial charge in [0.2, 0.25) is 5.91 Å². The van der Waals surface area contributed by atoms with Crippen molar-refractivity contribution in [2.24, 2.45) is 17.4 Å². The molecule has 4 N–H and O–H groups in total. The fourth-order valence-corrected chi connectivity index (χ4v) is 0.820. The van der Waals surface area contributed by atoms with Gasteiger partial charge < -0.3 is 16.2 Å². The lowest BCUT2D eigenvalue weighted by Gasteiger charge is -2.16. The van der Waals surface area contributed by atoms with Crippen LogP contribution in [0.1, 0.15) is 13.3 Å². The first-order chi connectivity index (χ1) is 5.07. The number of methoxy groups -OCH3 is 1. The lowest BCUT2D eigenvalue weighted by atomic mass is 10.0. The van der Waals surface area contributed by atoms with Crippen molar-refractivity contribution in [3.8, 4) is 0 Å². The van der Waals surface area contributed by atoms with Crippen molar-refractivity contribution in [3.63, 3.8) is 0 Å². The predicted molar refractivity (Wildman–Crippen MR) is 42.8 cm³/mol. The maximum atomic E-state index is 10.4. The summed E-state index contributed by atoms with van der Waals surface area (Å²) in [6.07, 6.45) is 0.227. The molecule has 4 nitrogen and oxygen atoms in total. The van der Waals surface area contributed by atoms with Gasteiger partial charge in [0, 0.05) is 19.6 Å². The number of rotatable bonds is 5. The molecular formula is C7H16N2O2. The Morgan fingerprint density at radius 2 is 2.18 bits per heavy atom. The van der Waals surface area contributed by atoms with Crippen LogP contribution in [0.4, 0.5) is 0 Å². The molecular weight excluding hydrogens is 144 g/mol. The number of primary amides is 1. The first kappa shape index (κ1) is 10.4. The van der Waals surface area contributed by atoms with Crippen LogP contribution in [-0.4, -0.2) is 25.7 Å². The quantitative estimate of drug-likeness (QED) is 0.567. The normalized spacial score (nSPS) is 15.9. The molecule has 0 aliphatic rings. The lowest BCUT2D eigenvalue weighted by molar-refractivity contribution is -0.118. The molecule has 0 aromatic carbocycles. The average Bonchev–Trinajstić information content (AvgIpc) is 1.86. The molecule has 0 aliphatic carbocycles. The van der Waals surface area contributed by atoms with Crippen LogP contribution in [-0.2, 0) is 9.53 Å². The maximum absolute atomic E-state index is 10.4. The van der Waals surface area contributed by atoms with Gasteiger partial charge >= 0.3 is 0 Å². The molecule has 0 saturated carbocycles. The van der Waals surface area contributed by atoms with Crippen molar-refractivity contribution in [3.05, 3.63) is 0 Å². The molecule has 0 radical (unpaired) electrons. The monoisotopic (exact) mass is 160 g/mol. The van der Waals surface area contributed by atoms with Gasteiger partial charge in [-0.1, -0.05) is 6.92 Å². The number of nitrogens with two attached hydrogens (primary N) is 2. The van der Waals surface area contributed by atoms with Gasteiger partial charge in [0.05, 0.1) is 6.61 Å². The second-order valence-corrected chi connectivity index (χ2v) is 2.77. The van der Waals surface area contributed by atoms with E-state index in [0.29, 0.717) is 6.61 Å². The van der Waals surface area contributed by atoms with Crippen LogP contribution >= 0.6 is 0 Å². The van der Waals surface area contributed by atoms with E-state index in [1.165, 1.54) is 0 Å². The number of carbonyl (C=O) groups is 1. The minimum atomic E-state index is -0.361. The van der Waals surface area contributed by atoms with Gasteiger partial charge in [0.1, 0.15) is 0 Å². The molecule has 0 aromatic rings. The van der Waals surface area contributed by atoms with E-state index in [1.807, 2.05) is 6.92 Å². The predicted octanol–water partition coefficient (Wildman–Crippen LogP) is -0.528. The average molecular weight is 160 g/mol. The third-order valence-electron chi connectivity index (χ3n) is 1.60. The highest BCUT2D eigenvalue weighted by Crippen LogP contribution is 2.03. The van der Waals surface area contributed by atoms with Gasteiger partial charge in [-0.05, 0) is 5.92 Å². The molecule has 4 heteroatoms. The summed E-state index contributed by atoms with van der Waals surface area (Å²) in [7, 11) is 1.60. The van der Waals surface area contributed by atoms with Crippen molar-refractivity contribution in [1.29, 1.82) is 0 Å². The number of carbonyl (C=O) groups excluding carboxylic acids is 1. The van der Waals surface area contributed by atoms with E-state index in [1.54, 1.807) is 7.11 Å². The SMILES string of the molecule is COCC(C)[C@@H](N)CC(N)=O. The molecule has 0 spiro atoms. The van der Waals surface area contributed by atoms with Crippen LogP contribution in [0.15, 0.2) is 0 Å². The van der Waals surface area contributed by atoms with Crippen LogP contribution in [0.5, 0.6) is 0 Å². The zero-order valence-electron chi connectivity index (χ0n) is 7.04. The van der Waals surface area contributed by atoms with E-state index in [4.69, 9.17) is 16.2 Å². The Bertz CT molecular complexity index is 128. The third-order valence-corrected chi connectivity index (χ3v) is 1.60. The summed E-state index contributed by atoms with van der Waals surface area (Å²) in [5.74, 6) is -0.187. The first-order valence-electron chi connectivity index (χ1n) is 3.60. The summed E-state index contributed by atoms with van der Waals surface area (Å²) in [6, 6.07) is -0.188. The molecule has 0 rings (SSSR count). The summed E-state index contributed by atoms with van der Waals surface area (Å²) in [5.41, 5.74) is 10.6. The largest absolute Gasteiger partial charge is 0.384 e. The molecule has 0 aliphatic heterocycles. The maximum Gasteiger partial charge on any atom is 0.218 e. The smallest absolute Gasteiger partial charge is 0.218 e. The topological polar surface area (TPSA) is 78.3 Å². The van der Waals surface area contributed by atoms with E-state index >= 15 is 0 Å². The Morgan fingerprint density at radius 3 is 2.55 bits per heavy atom. The van der Waals surface area contributed by atoms with E-state index < -0.39 is 0 Å². The molecule has 66 valence electrons. The van der Waals surface area contributed by atoms with Gasteiger partial charge in [-0.25, -0.2) is 0 Å². The Kier molecular flexibility index (Phi) is 4.81. The molecule has 0 aromatic heterocycles. The highest BCUT2D eigenvalue weighted by molar-refractivity contribution is 5.74. The van der Waals surface area contributed by atoms with Crippen molar-refractivity contribution >= 4 is 5.91 Å². The Balaban J connectivity index is 3.63. The van der Waals surface area contributed by atoms with E-state index in [9.17, 15) is 4.79 Å². The van der Waals surface area contributed by atoms with Gasteiger partial charge in [-0.3, -0.25) is 4.79 Å². The third kappa shape index (κ3) is 4.75. The molecule has 0 fully saturated rings. The van der Waals surface area contributed by atoms with Crippen molar-refractivity contribution in [2.45, 2.75) is 19.4 Å². The highest BCUT2D eigenvalue weighted by Gasteiger charge is 2.14. The second kappa shape index (κ2) is 5.09. The van der Waals surface area contributed by atoms with E-state index in [0.717, 1.165) is 0 Å². The fourth-order valence-electron chi connectivity index (χ4n) is 0.820. The van der Waals surface area contributed by atoms with Crippen LogP contribution in [0.2, 0.25) is 0 Å². The summed E-state index contributed by atoms with van der Waals surface area (Å²) < 4.78 is 4.87. The van der Waals surface area contributed by atoms with E-state index in [2.05, 4.69) is 0 Å². The van der Waals surface area contributed by atoms with Crippen LogP contribution in [0.3, 0.4) is 0 Å². The Labute approximate surface area is 66.9 Å². The molecule has 0 heterocycles. The van der Waals surface area contributed by atoms with Crippen molar-refractivity contribution in [2.75, 3.05) is 13.7 Å². The number of amides is 1. The molecule has 0 saturated heterocycles. The van der Waals surface area contributed by atoms with Crippen molar-refractivity contribution in [1.82, 2.24) is 0 Å².